The van der Waals surface area contributed by atoms with Crippen molar-refractivity contribution in [2.75, 3.05) is 12.0 Å². The van der Waals surface area contributed by atoms with Crippen LogP contribution in [-0.2, 0) is 0 Å². The maximum absolute atomic E-state index is 6.09. The number of aryl methyl sites for hydroxylation is 3. The summed E-state index contributed by atoms with van der Waals surface area (Å²) >= 11 is 5.99. The fourth-order valence-corrected chi connectivity index (χ4v) is 6.31. The zero-order valence-electron chi connectivity index (χ0n) is 24.5. The van der Waals surface area contributed by atoms with Crippen LogP contribution in [0.15, 0.2) is 97.2 Å². The topological polar surface area (TPSA) is 51.6 Å². The van der Waals surface area contributed by atoms with Gasteiger partial charge < -0.3 is 24.3 Å². The maximum atomic E-state index is 6.09. The second kappa shape index (κ2) is 11.3. The van der Waals surface area contributed by atoms with E-state index in [0.717, 1.165) is 28.6 Å². The molecule has 1 fully saturated rings. The van der Waals surface area contributed by atoms with E-state index in [4.69, 9.17) is 26.7 Å². The zero-order chi connectivity index (χ0) is 29.4. The lowest BCUT2D eigenvalue weighted by atomic mass is 9.96. The van der Waals surface area contributed by atoms with Gasteiger partial charge in [0.05, 0.1) is 24.9 Å². The second-order valence-electron chi connectivity index (χ2n) is 10.8. The van der Waals surface area contributed by atoms with Gasteiger partial charge in [0.25, 0.3) is 0 Å². The third-order valence-corrected chi connectivity index (χ3v) is 8.08. The number of thiocarbonyl (C=S) groups is 1. The highest BCUT2D eigenvalue weighted by atomic mass is 32.1. The summed E-state index contributed by atoms with van der Waals surface area (Å²) in [6, 6.07) is 30.4. The first-order valence-corrected chi connectivity index (χ1v) is 14.4. The Kier molecular flexibility index (Phi) is 7.43. The molecular weight excluding hydrogens is 540 g/mol. The van der Waals surface area contributed by atoms with Crippen molar-refractivity contribution >= 4 is 23.0 Å². The van der Waals surface area contributed by atoms with Crippen molar-refractivity contribution in [2.45, 2.75) is 39.8 Å². The van der Waals surface area contributed by atoms with Gasteiger partial charge in [-0.1, -0.05) is 12.1 Å². The predicted molar refractivity (Wildman–Crippen MR) is 172 cm³/mol. The molecule has 0 bridgehead atoms. The van der Waals surface area contributed by atoms with Crippen molar-refractivity contribution in [2.24, 2.45) is 0 Å². The fourth-order valence-electron chi connectivity index (χ4n) is 5.97. The van der Waals surface area contributed by atoms with Crippen LogP contribution in [0, 0.1) is 27.7 Å². The van der Waals surface area contributed by atoms with Gasteiger partial charge in [-0.15, -0.1) is 0 Å². The monoisotopic (exact) mass is 574 g/mol. The summed E-state index contributed by atoms with van der Waals surface area (Å²) in [6.07, 6.45) is 1.84. The minimum absolute atomic E-state index is 0.105. The Bertz CT molecular complexity index is 1710. The summed E-state index contributed by atoms with van der Waals surface area (Å²) in [5, 5.41) is 4.25. The summed E-state index contributed by atoms with van der Waals surface area (Å²) in [7, 11) is 1.65. The van der Waals surface area contributed by atoms with E-state index in [-0.39, 0.29) is 12.1 Å². The van der Waals surface area contributed by atoms with Crippen LogP contribution in [-0.4, -0.2) is 21.8 Å². The average molecular weight is 575 g/mol. The van der Waals surface area contributed by atoms with E-state index in [2.05, 4.69) is 84.9 Å². The van der Waals surface area contributed by atoms with E-state index in [1.54, 1.807) is 7.11 Å². The third-order valence-electron chi connectivity index (χ3n) is 7.76. The number of aromatic nitrogens is 2. The molecule has 5 aromatic rings. The number of rotatable bonds is 7. The number of hydrogen-bond acceptors (Lipinski definition) is 4. The first-order valence-electron chi connectivity index (χ1n) is 14.0. The van der Waals surface area contributed by atoms with Crippen molar-refractivity contribution in [3.8, 4) is 22.9 Å². The lowest BCUT2D eigenvalue weighted by molar-refractivity contribution is 0.413. The standard InChI is InChI=1S/C35H34N4O2S/c1-22-18-23(2)20-27(19-22)38-24(3)21-31(25(38)4)34-33(32-8-6-7-17-36-32)37-35(42)39(34)26-9-11-29(12-10-26)41-30-15-13-28(40-5)14-16-30/h6-21,33-34H,1-5H3,(H,37,42)/t33-,34-/m1/s1. The van der Waals surface area contributed by atoms with Crippen molar-refractivity contribution < 1.29 is 9.47 Å². The molecule has 0 aliphatic carbocycles. The molecule has 2 aromatic heterocycles. The van der Waals surface area contributed by atoms with Crippen molar-refractivity contribution in [1.82, 2.24) is 14.9 Å². The Morgan fingerprint density at radius 2 is 1.40 bits per heavy atom. The van der Waals surface area contributed by atoms with E-state index in [1.807, 2.05) is 54.7 Å². The molecule has 2 atom stereocenters. The minimum atomic E-state index is -0.123. The third kappa shape index (κ3) is 5.23. The normalized spacial score (nSPS) is 16.4. The number of pyridine rings is 1. The van der Waals surface area contributed by atoms with Crippen LogP contribution >= 0.6 is 12.2 Å². The van der Waals surface area contributed by atoms with Gasteiger partial charge in [0, 0.05) is 29.0 Å². The number of methoxy groups -OCH3 is 1. The number of anilines is 1. The highest BCUT2D eigenvalue weighted by Gasteiger charge is 2.42. The maximum Gasteiger partial charge on any atom is 0.174 e. The molecule has 1 saturated heterocycles. The molecule has 3 heterocycles. The summed E-state index contributed by atoms with van der Waals surface area (Å²) in [5.41, 5.74) is 9.14. The lowest BCUT2D eigenvalue weighted by Gasteiger charge is -2.28. The van der Waals surface area contributed by atoms with E-state index in [9.17, 15) is 0 Å². The number of nitrogens with zero attached hydrogens (tertiary/aromatic N) is 3. The van der Waals surface area contributed by atoms with Crippen LogP contribution in [0.3, 0.4) is 0 Å². The Balaban J connectivity index is 1.39. The summed E-state index contributed by atoms with van der Waals surface area (Å²) in [5.74, 6) is 2.28. The van der Waals surface area contributed by atoms with Crippen LogP contribution in [0.5, 0.6) is 17.2 Å². The lowest BCUT2D eigenvalue weighted by Crippen LogP contribution is -2.29. The van der Waals surface area contributed by atoms with Crippen molar-refractivity contribution in [1.29, 1.82) is 0 Å². The summed E-state index contributed by atoms with van der Waals surface area (Å²) in [6.45, 7) is 8.65. The molecule has 0 spiro atoms. The highest BCUT2D eigenvalue weighted by molar-refractivity contribution is 7.80. The van der Waals surface area contributed by atoms with Gasteiger partial charge >= 0.3 is 0 Å². The molecule has 0 radical (unpaired) electrons. The molecular formula is C35H34N4O2S. The molecule has 3 aromatic carbocycles. The smallest absolute Gasteiger partial charge is 0.174 e. The first kappa shape index (κ1) is 27.5. The molecule has 6 rings (SSSR count). The van der Waals surface area contributed by atoms with Gasteiger partial charge in [0.2, 0.25) is 0 Å². The highest BCUT2D eigenvalue weighted by Crippen LogP contribution is 2.44. The molecule has 1 aliphatic rings. The molecule has 42 heavy (non-hydrogen) atoms. The second-order valence-corrected chi connectivity index (χ2v) is 11.2. The fraction of sp³-hybridized carbons (Fsp3) is 0.200. The van der Waals surface area contributed by atoms with Crippen molar-refractivity contribution in [3.05, 3.63) is 131 Å². The van der Waals surface area contributed by atoms with E-state index in [0.29, 0.717) is 5.11 Å². The van der Waals surface area contributed by atoms with Gasteiger partial charge in [-0.25, -0.2) is 0 Å². The molecule has 0 unspecified atom stereocenters. The minimum Gasteiger partial charge on any atom is -0.497 e. The molecule has 0 amide bonds. The molecule has 6 nitrogen and oxygen atoms in total. The molecule has 0 saturated carbocycles. The van der Waals surface area contributed by atoms with Gasteiger partial charge in [-0.05, 0) is 135 Å². The average Bonchev–Trinajstić information content (AvgIpc) is 3.48. The van der Waals surface area contributed by atoms with Gasteiger partial charge in [0.1, 0.15) is 17.2 Å². The van der Waals surface area contributed by atoms with Crippen molar-refractivity contribution in [3.63, 3.8) is 0 Å². The molecule has 1 N–H and O–H groups in total. The van der Waals surface area contributed by atoms with E-state index in [1.165, 1.54) is 33.8 Å². The van der Waals surface area contributed by atoms with Crippen LogP contribution in [0.2, 0.25) is 0 Å². The van der Waals surface area contributed by atoms with E-state index >= 15 is 0 Å². The summed E-state index contributed by atoms with van der Waals surface area (Å²) < 4.78 is 13.7. The Morgan fingerprint density at radius 1 is 0.762 bits per heavy atom. The van der Waals surface area contributed by atoms with Gasteiger partial charge in [-0.2, -0.15) is 0 Å². The predicted octanol–water partition coefficient (Wildman–Crippen LogP) is 8.08. The van der Waals surface area contributed by atoms with E-state index < -0.39 is 0 Å². The number of benzene rings is 3. The van der Waals surface area contributed by atoms with Gasteiger partial charge in [0.15, 0.2) is 5.11 Å². The number of hydrogen-bond donors (Lipinski definition) is 1. The molecule has 7 heteroatoms. The van der Waals surface area contributed by atoms with Crippen LogP contribution in [0.1, 0.15) is 45.9 Å². The zero-order valence-corrected chi connectivity index (χ0v) is 25.3. The molecule has 1 aliphatic heterocycles. The Hall–Kier alpha value is -4.62. The Morgan fingerprint density at radius 3 is 2.02 bits per heavy atom. The largest absolute Gasteiger partial charge is 0.497 e. The number of nitrogens with one attached hydrogen (secondary N) is 1. The van der Waals surface area contributed by atoms with Crippen LogP contribution in [0.4, 0.5) is 5.69 Å². The first-order chi connectivity index (χ1) is 20.3. The Labute approximate surface area is 252 Å². The van der Waals surface area contributed by atoms with Gasteiger partial charge in [-0.3, -0.25) is 4.98 Å². The van der Waals surface area contributed by atoms with Crippen LogP contribution in [0.25, 0.3) is 5.69 Å². The summed E-state index contributed by atoms with van der Waals surface area (Å²) in [4.78, 5) is 6.94. The molecule has 212 valence electrons. The number of ether oxygens (including phenoxy) is 2. The SMILES string of the molecule is COc1ccc(Oc2ccc(N3C(=S)N[C@H](c4ccccn4)[C@H]3c3cc(C)n(-c4cc(C)cc(C)c4)c3C)cc2)cc1. The quantitative estimate of drug-likeness (QED) is 0.198. The van der Waals surface area contributed by atoms with Crippen LogP contribution < -0.4 is 19.7 Å².